The number of carbonyl (C=O) groups excluding carboxylic acids is 2. The summed E-state index contributed by atoms with van der Waals surface area (Å²) in [7, 11) is 0. The average Bonchev–Trinajstić information content (AvgIpc) is 2.40. The van der Waals surface area contributed by atoms with Gasteiger partial charge >= 0.3 is 0 Å². The normalized spacial score (nSPS) is 23.8. The third-order valence-corrected chi connectivity index (χ3v) is 4.26. The minimum absolute atomic E-state index is 0.257. The van der Waals surface area contributed by atoms with E-state index in [9.17, 15) is 14.1 Å². The topological polar surface area (TPSA) is 60.4 Å². The van der Waals surface area contributed by atoms with Crippen LogP contribution in [0.1, 0.15) is 26.2 Å². The highest BCUT2D eigenvalue weighted by atomic mass is 32.2. The Morgan fingerprint density at radius 1 is 1.69 bits per heavy atom. The summed E-state index contributed by atoms with van der Waals surface area (Å²) >= 11 is -1.25. The number of hydrogen-bond donors (Lipinski definition) is 0. The summed E-state index contributed by atoms with van der Waals surface area (Å²) in [4.78, 5) is 24.5. The highest BCUT2D eigenvalue weighted by Crippen LogP contribution is 2.19. The number of rotatable bonds is 3. The zero-order valence-electron chi connectivity index (χ0n) is 9.48. The van der Waals surface area contributed by atoms with Gasteiger partial charge in [-0.05, 0) is 30.1 Å². The quantitative estimate of drug-likeness (QED) is 0.545. The molecule has 0 N–H and O–H groups in total. The van der Waals surface area contributed by atoms with Crippen LogP contribution in [0.2, 0.25) is 0 Å². The SMILES string of the molecule is C=CC[S+]([O-])C1CCCCN(C(C)=O)C1=O. The predicted molar refractivity (Wildman–Crippen MR) is 63.2 cm³/mol. The average molecular weight is 243 g/mol. The van der Waals surface area contributed by atoms with Crippen LogP contribution in [0.15, 0.2) is 12.7 Å². The first-order chi connectivity index (χ1) is 7.57. The first-order valence-corrected chi connectivity index (χ1v) is 6.76. The molecule has 1 rings (SSSR count). The van der Waals surface area contributed by atoms with Crippen LogP contribution in [-0.4, -0.2) is 38.8 Å². The van der Waals surface area contributed by atoms with E-state index >= 15 is 0 Å². The molecule has 0 spiro atoms. The van der Waals surface area contributed by atoms with Crippen molar-refractivity contribution < 1.29 is 14.1 Å². The molecule has 0 radical (unpaired) electrons. The maximum Gasteiger partial charge on any atom is 0.282 e. The molecule has 2 atom stereocenters. The maximum atomic E-state index is 12.0. The fourth-order valence-electron chi connectivity index (χ4n) is 1.80. The van der Waals surface area contributed by atoms with Crippen molar-refractivity contribution in [1.82, 2.24) is 4.90 Å². The highest BCUT2D eigenvalue weighted by molar-refractivity contribution is 7.92. The lowest BCUT2D eigenvalue weighted by Crippen LogP contribution is -2.44. The van der Waals surface area contributed by atoms with Crippen molar-refractivity contribution in [3.8, 4) is 0 Å². The van der Waals surface area contributed by atoms with Gasteiger partial charge in [-0.3, -0.25) is 14.5 Å². The van der Waals surface area contributed by atoms with E-state index in [1.807, 2.05) is 0 Å². The van der Waals surface area contributed by atoms with Crippen molar-refractivity contribution >= 4 is 23.0 Å². The molecule has 1 saturated heterocycles. The van der Waals surface area contributed by atoms with Crippen molar-refractivity contribution in [2.45, 2.75) is 31.4 Å². The molecule has 2 unspecified atom stereocenters. The van der Waals surface area contributed by atoms with Crippen molar-refractivity contribution in [3.63, 3.8) is 0 Å². The molecular weight excluding hydrogens is 226 g/mol. The van der Waals surface area contributed by atoms with Crippen LogP contribution in [0.3, 0.4) is 0 Å². The Balaban J connectivity index is 2.78. The van der Waals surface area contributed by atoms with Crippen molar-refractivity contribution in [3.05, 3.63) is 12.7 Å². The van der Waals surface area contributed by atoms with Gasteiger partial charge in [-0.15, -0.1) is 0 Å². The van der Waals surface area contributed by atoms with E-state index in [-0.39, 0.29) is 11.8 Å². The Kier molecular flexibility index (Phi) is 5.02. The Hall–Kier alpha value is -0.810. The third-order valence-electron chi connectivity index (χ3n) is 2.62. The lowest BCUT2D eigenvalue weighted by molar-refractivity contribution is -0.142. The van der Waals surface area contributed by atoms with Crippen molar-refractivity contribution in [1.29, 1.82) is 0 Å². The van der Waals surface area contributed by atoms with E-state index in [2.05, 4.69) is 6.58 Å². The molecule has 1 aliphatic heterocycles. The van der Waals surface area contributed by atoms with Crippen LogP contribution in [0, 0.1) is 0 Å². The fourth-order valence-corrected chi connectivity index (χ4v) is 3.04. The lowest BCUT2D eigenvalue weighted by Gasteiger charge is -2.22. The Bertz CT molecular complexity index is 293. The number of likely N-dealkylation sites (tertiary alicyclic amines) is 1. The van der Waals surface area contributed by atoms with Gasteiger partial charge < -0.3 is 4.55 Å². The summed E-state index contributed by atoms with van der Waals surface area (Å²) in [5.41, 5.74) is 0. The van der Waals surface area contributed by atoms with E-state index in [1.54, 1.807) is 6.08 Å². The van der Waals surface area contributed by atoms with Crippen LogP contribution in [0.25, 0.3) is 0 Å². The second-order valence-electron chi connectivity index (χ2n) is 3.83. The predicted octanol–water partition coefficient (Wildman–Crippen LogP) is 0.849. The van der Waals surface area contributed by atoms with Crippen molar-refractivity contribution in [2.24, 2.45) is 0 Å². The molecule has 0 saturated carbocycles. The van der Waals surface area contributed by atoms with Gasteiger partial charge in [-0.25, -0.2) is 0 Å². The summed E-state index contributed by atoms with van der Waals surface area (Å²) in [6.45, 7) is 5.34. The Morgan fingerprint density at radius 2 is 2.38 bits per heavy atom. The number of carbonyl (C=O) groups is 2. The molecule has 0 aromatic carbocycles. The molecule has 0 aromatic rings. The van der Waals surface area contributed by atoms with Gasteiger partial charge in [0.1, 0.15) is 5.75 Å². The lowest BCUT2D eigenvalue weighted by atomic mass is 10.2. The molecular formula is C11H17NO3S. The molecule has 1 aliphatic rings. The van der Waals surface area contributed by atoms with Crippen LogP contribution < -0.4 is 0 Å². The monoisotopic (exact) mass is 243 g/mol. The molecule has 1 heterocycles. The zero-order chi connectivity index (χ0) is 12.1. The smallest absolute Gasteiger partial charge is 0.282 e. The van der Waals surface area contributed by atoms with Gasteiger partial charge in [0, 0.05) is 19.9 Å². The van der Waals surface area contributed by atoms with E-state index in [0.29, 0.717) is 18.7 Å². The van der Waals surface area contributed by atoms with Crippen LogP contribution in [0.5, 0.6) is 0 Å². The van der Waals surface area contributed by atoms with Gasteiger partial charge in [-0.2, -0.15) is 0 Å². The fraction of sp³-hybridized carbons (Fsp3) is 0.636. The van der Waals surface area contributed by atoms with Gasteiger partial charge in [0.25, 0.3) is 5.91 Å². The van der Waals surface area contributed by atoms with Gasteiger partial charge in [0.05, 0.1) is 0 Å². The molecule has 0 bridgehead atoms. The van der Waals surface area contributed by atoms with Gasteiger partial charge in [0.2, 0.25) is 5.91 Å². The summed E-state index contributed by atoms with van der Waals surface area (Å²) in [6.07, 6.45) is 3.78. The Labute approximate surface area is 98.9 Å². The zero-order valence-corrected chi connectivity index (χ0v) is 10.3. The first kappa shape index (κ1) is 13.3. The van der Waals surface area contributed by atoms with Crippen LogP contribution in [-0.2, 0) is 20.8 Å². The second-order valence-corrected chi connectivity index (χ2v) is 5.49. The second kappa shape index (κ2) is 6.06. The van der Waals surface area contributed by atoms with E-state index in [4.69, 9.17) is 0 Å². The molecule has 1 fully saturated rings. The molecule has 4 nitrogen and oxygen atoms in total. The molecule has 5 heteroatoms. The summed E-state index contributed by atoms with van der Waals surface area (Å²) in [5, 5.41) is -0.538. The summed E-state index contributed by atoms with van der Waals surface area (Å²) < 4.78 is 11.8. The number of amides is 2. The van der Waals surface area contributed by atoms with Crippen molar-refractivity contribution in [2.75, 3.05) is 12.3 Å². The summed E-state index contributed by atoms with van der Waals surface area (Å²) in [5.74, 6) is -0.236. The summed E-state index contributed by atoms with van der Waals surface area (Å²) in [6, 6.07) is 0. The van der Waals surface area contributed by atoms with E-state index in [0.717, 1.165) is 12.8 Å². The third kappa shape index (κ3) is 3.09. The van der Waals surface area contributed by atoms with Crippen LogP contribution in [0.4, 0.5) is 0 Å². The van der Waals surface area contributed by atoms with E-state index < -0.39 is 16.4 Å². The standard InChI is InChI=1S/C11H17NO3S/c1-3-8-16(15)10-6-4-5-7-12(9(2)13)11(10)14/h3,10H,1,4-8H2,2H3. The van der Waals surface area contributed by atoms with Crippen LogP contribution >= 0.6 is 0 Å². The minimum atomic E-state index is -1.25. The van der Waals surface area contributed by atoms with E-state index in [1.165, 1.54) is 11.8 Å². The molecule has 90 valence electrons. The number of imide groups is 1. The highest BCUT2D eigenvalue weighted by Gasteiger charge is 2.36. The largest absolute Gasteiger partial charge is 0.615 e. The van der Waals surface area contributed by atoms with Gasteiger partial charge in [-0.1, -0.05) is 6.58 Å². The minimum Gasteiger partial charge on any atom is -0.615 e. The maximum absolute atomic E-state index is 12.0. The number of nitrogens with zero attached hydrogens (tertiary/aromatic N) is 1. The molecule has 16 heavy (non-hydrogen) atoms. The Morgan fingerprint density at radius 3 is 2.94 bits per heavy atom. The molecule has 2 amide bonds. The number of hydrogen-bond acceptors (Lipinski definition) is 3. The first-order valence-electron chi connectivity index (χ1n) is 5.38. The molecule has 0 aliphatic carbocycles. The van der Waals surface area contributed by atoms with Gasteiger partial charge in [0.15, 0.2) is 5.25 Å². The molecule has 0 aromatic heterocycles.